The van der Waals surface area contributed by atoms with E-state index in [1.165, 1.54) is 11.3 Å². The van der Waals surface area contributed by atoms with Gasteiger partial charge in [-0.1, -0.05) is 12.1 Å². The van der Waals surface area contributed by atoms with Crippen LogP contribution in [0.5, 0.6) is 0 Å². The highest BCUT2D eigenvalue weighted by Gasteiger charge is 2.09. The predicted molar refractivity (Wildman–Crippen MR) is 84.6 cm³/mol. The summed E-state index contributed by atoms with van der Waals surface area (Å²) in [7, 11) is 0. The van der Waals surface area contributed by atoms with Crippen molar-refractivity contribution in [3.63, 3.8) is 0 Å². The summed E-state index contributed by atoms with van der Waals surface area (Å²) in [6, 6.07) is 5.99. The number of hydrogen-bond donors (Lipinski definition) is 1. The number of ether oxygens (including phenoxy) is 1. The molecule has 1 heterocycles. The summed E-state index contributed by atoms with van der Waals surface area (Å²) in [5, 5.41) is 5.87. The Kier molecular flexibility index (Phi) is 5.14. The Bertz CT molecular complexity index is 613. The number of carbonyl (C=O) groups is 1. The molecule has 0 aliphatic rings. The quantitative estimate of drug-likeness (QED) is 0.822. The molecule has 0 radical (unpaired) electrons. The highest BCUT2D eigenvalue weighted by molar-refractivity contribution is 9.10. The molecule has 0 amide bonds. The van der Waals surface area contributed by atoms with Crippen LogP contribution in [0.2, 0.25) is 0 Å². The van der Waals surface area contributed by atoms with Crippen molar-refractivity contribution in [2.24, 2.45) is 0 Å². The first-order valence-corrected chi connectivity index (χ1v) is 7.89. The lowest BCUT2D eigenvalue weighted by Crippen LogP contribution is -2.07. The molecular weight excluding hydrogens is 340 g/mol. The number of halogens is 1. The van der Waals surface area contributed by atoms with Crippen LogP contribution in [0, 0.1) is 6.92 Å². The van der Waals surface area contributed by atoms with E-state index in [1.54, 1.807) is 6.92 Å². The topological polar surface area (TPSA) is 51.2 Å². The number of nitrogens with zero attached hydrogens (tertiary/aromatic N) is 1. The lowest BCUT2D eigenvalue weighted by atomic mass is 10.2. The number of aryl methyl sites for hydroxylation is 1. The second kappa shape index (κ2) is 6.85. The summed E-state index contributed by atoms with van der Waals surface area (Å²) in [5.74, 6) is -0.249. The van der Waals surface area contributed by atoms with Gasteiger partial charge in [-0.3, -0.25) is 4.79 Å². The monoisotopic (exact) mass is 354 g/mol. The van der Waals surface area contributed by atoms with Crippen LogP contribution < -0.4 is 5.32 Å². The van der Waals surface area contributed by atoms with Gasteiger partial charge in [-0.25, -0.2) is 4.98 Å². The van der Waals surface area contributed by atoms with Crippen LogP contribution in [0.25, 0.3) is 0 Å². The zero-order valence-electron chi connectivity index (χ0n) is 11.3. The van der Waals surface area contributed by atoms with Gasteiger partial charge in [-0.05, 0) is 41.4 Å². The standard InChI is InChI=1S/C14H15BrN2O2S/c1-3-19-12(18)7-10-8-20-14(16-10)17-11-6-4-5-9(2)13(11)15/h4-6,8H,3,7H2,1-2H3,(H,16,17). The van der Waals surface area contributed by atoms with Crippen molar-refractivity contribution in [2.75, 3.05) is 11.9 Å². The average molecular weight is 355 g/mol. The van der Waals surface area contributed by atoms with E-state index in [-0.39, 0.29) is 12.4 Å². The van der Waals surface area contributed by atoms with Crippen molar-refractivity contribution >= 4 is 44.1 Å². The Balaban J connectivity index is 2.06. The molecule has 0 bridgehead atoms. The summed E-state index contributed by atoms with van der Waals surface area (Å²) in [5.41, 5.74) is 2.83. The molecule has 4 nitrogen and oxygen atoms in total. The Hall–Kier alpha value is -1.40. The van der Waals surface area contributed by atoms with Gasteiger partial charge in [0.05, 0.1) is 24.4 Å². The zero-order valence-corrected chi connectivity index (χ0v) is 13.7. The van der Waals surface area contributed by atoms with Gasteiger partial charge < -0.3 is 10.1 Å². The number of rotatable bonds is 5. The average Bonchev–Trinajstić information content (AvgIpc) is 2.82. The second-order valence-corrected chi connectivity index (χ2v) is 5.84. The number of carbonyl (C=O) groups excluding carboxylic acids is 1. The van der Waals surface area contributed by atoms with Crippen LogP contribution in [-0.2, 0) is 16.0 Å². The highest BCUT2D eigenvalue weighted by atomic mass is 79.9. The summed E-state index contributed by atoms with van der Waals surface area (Å²) in [4.78, 5) is 15.8. The van der Waals surface area contributed by atoms with E-state index in [0.717, 1.165) is 26.5 Å². The third kappa shape index (κ3) is 3.80. The maximum absolute atomic E-state index is 11.4. The highest BCUT2D eigenvalue weighted by Crippen LogP contribution is 2.29. The Morgan fingerprint density at radius 2 is 2.30 bits per heavy atom. The van der Waals surface area contributed by atoms with E-state index in [9.17, 15) is 4.79 Å². The van der Waals surface area contributed by atoms with E-state index in [1.807, 2.05) is 30.5 Å². The second-order valence-electron chi connectivity index (χ2n) is 4.19. The van der Waals surface area contributed by atoms with Gasteiger partial charge >= 0.3 is 5.97 Å². The van der Waals surface area contributed by atoms with Gasteiger partial charge in [0.1, 0.15) is 0 Å². The summed E-state index contributed by atoms with van der Waals surface area (Å²) < 4.78 is 5.92. The SMILES string of the molecule is CCOC(=O)Cc1csc(Nc2cccc(C)c2Br)n1. The number of thiazole rings is 1. The molecule has 1 N–H and O–H groups in total. The van der Waals surface area contributed by atoms with Gasteiger partial charge in [0, 0.05) is 9.85 Å². The number of esters is 1. The fraction of sp³-hybridized carbons (Fsp3) is 0.286. The van der Waals surface area contributed by atoms with Gasteiger partial charge in [0.2, 0.25) is 0 Å². The molecule has 0 saturated heterocycles. The minimum Gasteiger partial charge on any atom is -0.466 e. The van der Waals surface area contributed by atoms with Gasteiger partial charge in [0.25, 0.3) is 0 Å². The lowest BCUT2D eigenvalue weighted by Gasteiger charge is -2.07. The zero-order chi connectivity index (χ0) is 14.5. The van der Waals surface area contributed by atoms with Crippen LogP contribution in [0.15, 0.2) is 28.1 Å². The molecule has 0 aliphatic heterocycles. The third-order valence-electron chi connectivity index (χ3n) is 2.62. The smallest absolute Gasteiger partial charge is 0.311 e. The van der Waals surface area contributed by atoms with Crippen molar-refractivity contribution in [1.82, 2.24) is 4.98 Å². The molecule has 6 heteroatoms. The fourth-order valence-electron chi connectivity index (χ4n) is 1.66. The van der Waals surface area contributed by atoms with E-state index in [2.05, 4.69) is 26.2 Å². The number of nitrogens with one attached hydrogen (secondary N) is 1. The molecule has 1 aromatic carbocycles. The Labute approximate surface area is 130 Å². The predicted octanol–water partition coefficient (Wildman–Crippen LogP) is 4.06. The molecule has 0 spiro atoms. The first-order valence-electron chi connectivity index (χ1n) is 6.22. The van der Waals surface area contributed by atoms with Crippen molar-refractivity contribution in [2.45, 2.75) is 20.3 Å². The Morgan fingerprint density at radius 1 is 1.50 bits per heavy atom. The van der Waals surface area contributed by atoms with Crippen LogP contribution in [0.4, 0.5) is 10.8 Å². The van der Waals surface area contributed by atoms with E-state index < -0.39 is 0 Å². The van der Waals surface area contributed by atoms with Gasteiger partial charge in [-0.2, -0.15) is 0 Å². The molecule has 0 fully saturated rings. The van der Waals surface area contributed by atoms with Crippen molar-refractivity contribution < 1.29 is 9.53 Å². The first kappa shape index (κ1) is 15.0. The van der Waals surface area contributed by atoms with Crippen LogP contribution in [-0.4, -0.2) is 17.6 Å². The van der Waals surface area contributed by atoms with Crippen LogP contribution in [0.1, 0.15) is 18.2 Å². The number of anilines is 2. The molecule has 2 aromatic rings. The van der Waals surface area contributed by atoms with Crippen LogP contribution >= 0.6 is 27.3 Å². The van der Waals surface area contributed by atoms with Crippen LogP contribution in [0.3, 0.4) is 0 Å². The Morgan fingerprint density at radius 3 is 3.05 bits per heavy atom. The van der Waals surface area contributed by atoms with Crippen molar-refractivity contribution in [1.29, 1.82) is 0 Å². The van der Waals surface area contributed by atoms with Crippen molar-refractivity contribution in [3.8, 4) is 0 Å². The van der Waals surface area contributed by atoms with E-state index in [4.69, 9.17) is 4.74 Å². The maximum Gasteiger partial charge on any atom is 0.311 e. The summed E-state index contributed by atoms with van der Waals surface area (Å²) in [6.45, 7) is 4.22. The summed E-state index contributed by atoms with van der Waals surface area (Å²) >= 11 is 5.01. The molecule has 1 aromatic heterocycles. The molecule has 0 saturated carbocycles. The third-order valence-corrected chi connectivity index (χ3v) is 4.48. The number of aromatic nitrogens is 1. The van der Waals surface area contributed by atoms with Crippen molar-refractivity contribution in [3.05, 3.63) is 39.3 Å². The molecule has 0 aliphatic carbocycles. The molecular formula is C14H15BrN2O2S. The minimum absolute atomic E-state index is 0.209. The minimum atomic E-state index is -0.249. The molecule has 0 atom stereocenters. The number of benzene rings is 1. The summed E-state index contributed by atoms with van der Waals surface area (Å²) in [6.07, 6.45) is 0.209. The maximum atomic E-state index is 11.4. The molecule has 106 valence electrons. The largest absolute Gasteiger partial charge is 0.466 e. The van der Waals surface area contributed by atoms with E-state index in [0.29, 0.717) is 6.61 Å². The molecule has 2 rings (SSSR count). The fourth-order valence-corrected chi connectivity index (χ4v) is 2.75. The van der Waals surface area contributed by atoms with E-state index >= 15 is 0 Å². The van der Waals surface area contributed by atoms with Gasteiger partial charge in [0.15, 0.2) is 5.13 Å². The van der Waals surface area contributed by atoms with Gasteiger partial charge in [-0.15, -0.1) is 11.3 Å². The molecule has 20 heavy (non-hydrogen) atoms. The lowest BCUT2D eigenvalue weighted by molar-refractivity contribution is -0.142. The number of hydrogen-bond acceptors (Lipinski definition) is 5. The molecule has 0 unspecified atom stereocenters. The first-order chi connectivity index (χ1) is 9.60. The normalized spacial score (nSPS) is 10.3.